The second-order valence-corrected chi connectivity index (χ2v) is 12.1. The van der Waals surface area contributed by atoms with Crippen LogP contribution in [0.3, 0.4) is 0 Å². The van der Waals surface area contributed by atoms with Crippen molar-refractivity contribution >= 4 is 51.6 Å². The summed E-state index contributed by atoms with van der Waals surface area (Å²) in [6, 6.07) is 22.5. The van der Waals surface area contributed by atoms with Crippen molar-refractivity contribution in [2.45, 2.75) is 13.0 Å². The highest BCUT2D eigenvalue weighted by atomic mass is 35.5. The Morgan fingerprint density at radius 1 is 0.896 bits per heavy atom. The number of nitrogens with zero attached hydrogens (tertiary/aromatic N) is 4. The lowest BCUT2D eigenvalue weighted by Gasteiger charge is -2.34. The third-order valence-electron chi connectivity index (χ3n) is 8.00. The maximum absolute atomic E-state index is 13.5. The van der Waals surface area contributed by atoms with Crippen molar-refractivity contribution in [1.29, 1.82) is 0 Å². The number of benzene rings is 3. The van der Waals surface area contributed by atoms with Crippen LogP contribution in [-0.4, -0.2) is 70.4 Å². The number of halogens is 4. The quantitative estimate of drug-likeness (QED) is 0.163. The Hall–Kier alpha value is -4.71. The fourth-order valence-corrected chi connectivity index (χ4v) is 5.75. The maximum Gasteiger partial charge on any atom is 0.272 e. The lowest BCUT2D eigenvalue weighted by molar-refractivity contribution is 0.0619. The van der Waals surface area contributed by atoms with E-state index < -0.39 is 13.0 Å². The molecule has 2 aromatic heterocycles. The second kappa shape index (κ2) is 14.6. The summed E-state index contributed by atoms with van der Waals surface area (Å²) in [5.41, 5.74) is 3.36. The molecule has 6 rings (SSSR count). The third kappa shape index (κ3) is 7.87. The number of anilines is 1. The minimum absolute atomic E-state index is 0.0449. The highest BCUT2D eigenvalue weighted by molar-refractivity contribution is 6.42. The molecule has 0 bridgehead atoms. The minimum Gasteiger partial charge on any atom is -0.488 e. The molecule has 1 aliphatic rings. The van der Waals surface area contributed by atoms with Crippen LogP contribution in [0.5, 0.6) is 17.4 Å². The van der Waals surface area contributed by atoms with Crippen LogP contribution in [0.2, 0.25) is 10.0 Å². The molecular formula is C35H31Cl2F2N5O4. The van der Waals surface area contributed by atoms with E-state index in [-0.39, 0.29) is 16.8 Å². The highest BCUT2D eigenvalue weighted by Gasteiger charge is 2.25. The Kier molecular flexibility index (Phi) is 10.1. The molecule has 0 unspecified atom stereocenters. The highest BCUT2D eigenvalue weighted by Crippen LogP contribution is 2.29. The van der Waals surface area contributed by atoms with Gasteiger partial charge in [0.05, 0.1) is 21.9 Å². The summed E-state index contributed by atoms with van der Waals surface area (Å²) in [7, 11) is 1.87. The SMILES string of the molecule is Cn1c(C(=O)N2CCN(Cc3ccc(OCC(F)F)cc3)CC2)cc2cc(Oc3ccc(NC(=O)c4ccc(Cl)c(Cl)c4)cn3)ccc21. The summed E-state index contributed by atoms with van der Waals surface area (Å²) in [6.07, 6.45) is -1.02. The van der Waals surface area contributed by atoms with Crippen molar-refractivity contribution in [1.82, 2.24) is 19.4 Å². The van der Waals surface area contributed by atoms with Crippen molar-refractivity contribution in [3.05, 3.63) is 112 Å². The van der Waals surface area contributed by atoms with Crippen molar-refractivity contribution in [2.75, 3.05) is 38.1 Å². The lowest BCUT2D eigenvalue weighted by Crippen LogP contribution is -2.48. The zero-order valence-electron chi connectivity index (χ0n) is 25.8. The van der Waals surface area contributed by atoms with Gasteiger partial charge in [0, 0.05) is 62.3 Å². The Morgan fingerprint density at radius 2 is 1.65 bits per heavy atom. The number of nitrogens with one attached hydrogen (secondary N) is 1. The lowest BCUT2D eigenvalue weighted by atomic mass is 10.2. The molecule has 1 aliphatic heterocycles. The van der Waals surface area contributed by atoms with Crippen LogP contribution in [-0.2, 0) is 13.6 Å². The first kappa shape index (κ1) is 33.2. The molecule has 0 spiro atoms. The molecule has 0 saturated carbocycles. The molecule has 248 valence electrons. The van der Waals surface area contributed by atoms with Crippen molar-refractivity contribution in [3.8, 4) is 17.4 Å². The standard InChI is InChI=1S/C35H31Cl2F2N5O4/c1-42-30-10-8-27(48-33-11-5-25(19-40-33)41-34(45)23-4-9-28(36)29(37)17-23)16-24(30)18-31(42)35(46)44-14-12-43(13-15-44)20-22-2-6-26(7-3-22)47-21-32(38)39/h2-11,16-19,32H,12-15,20-21H2,1H3,(H,41,45). The summed E-state index contributed by atoms with van der Waals surface area (Å²) >= 11 is 12.0. The van der Waals surface area contributed by atoms with Gasteiger partial charge >= 0.3 is 0 Å². The largest absolute Gasteiger partial charge is 0.488 e. The van der Waals surface area contributed by atoms with Crippen molar-refractivity contribution in [3.63, 3.8) is 0 Å². The summed E-state index contributed by atoms with van der Waals surface area (Å²) < 4.78 is 37.7. The van der Waals surface area contributed by atoms with Gasteiger partial charge < -0.3 is 24.3 Å². The van der Waals surface area contributed by atoms with E-state index >= 15 is 0 Å². The topological polar surface area (TPSA) is 88.9 Å². The number of pyridine rings is 1. The number of amides is 2. The molecule has 3 heterocycles. The van der Waals surface area contributed by atoms with Crippen LogP contribution in [0, 0.1) is 0 Å². The Morgan fingerprint density at radius 3 is 2.33 bits per heavy atom. The van der Waals surface area contributed by atoms with E-state index in [0.29, 0.717) is 72.1 Å². The molecule has 1 fully saturated rings. The number of carbonyl (C=O) groups is 2. The molecule has 3 aromatic carbocycles. The summed E-state index contributed by atoms with van der Waals surface area (Å²) in [6.45, 7) is 2.66. The molecular weight excluding hydrogens is 663 g/mol. The van der Waals surface area contributed by atoms with Crippen LogP contribution in [0.15, 0.2) is 85.1 Å². The van der Waals surface area contributed by atoms with Crippen LogP contribution in [0.4, 0.5) is 14.5 Å². The number of fused-ring (bicyclic) bond motifs is 1. The third-order valence-corrected chi connectivity index (χ3v) is 8.74. The molecule has 0 aliphatic carbocycles. The van der Waals surface area contributed by atoms with Crippen molar-refractivity contribution < 1.29 is 27.8 Å². The van der Waals surface area contributed by atoms with Crippen LogP contribution in [0.25, 0.3) is 10.9 Å². The van der Waals surface area contributed by atoms with Gasteiger partial charge in [0.2, 0.25) is 5.88 Å². The van der Waals surface area contributed by atoms with E-state index in [2.05, 4.69) is 15.2 Å². The average molecular weight is 695 g/mol. The molecule has 0 atom stereocenters. The van der Waals surface area contributed by atoms with Crippen LogP contribution in [0.1, 0.15) is 26.4 Å². The number of aryl methyl sites for hydroxylation is 1. The summed E-state index contributed by atoms with van der Waals surface area (Å²) in [4.78, 5) is 34.5. The van der Waals surface area contributed by atoms with E-state index in [4.69, 9.17) is 32.7 Å². The van der Waals surface area contributed by atoms with Gasteiger partial charge in [-0.1, -0.05) is 35.3 Å². The molecule has 1 N–H and O–H groups in total. The van der Waals surface area contributed by atoms with Gasteiger partial charge in [0.1, 0.15) is 23.8 Å². The molecule has 48 heavy (non-hydrogen) atoms. The molecule has 1 saturated heterocycles. The number of hydrogen-bond donors (Lipinski definition) is 1. The number of carbonyl (C=O) groups excluding carboxylic acids is 2. The molecule has 5 aromatic rings. The van der Waals surface area contributed by atoms with Gasteiger partial charge in [-0.05, 0) is 66.2 Å². The normalized spacial score (nSPS) is 13.6. The number of piperazine rings is 1. The van der Waals surface area contributed by atoms with Gasteiger partial charge in [-0.2, -0.15) is 0 Å². The van der Waals surface area contributed by atoms with Crippen molar-refractivity contribution in [2.24, 2.45) is 7.05 Å². The van der Waals surface area contributed by atoms with Gasteiger partial charge in [-0.15, -0.1) is 0 Å². The number of alkyl halides is 2. The van der Waals surface area contributed by atoms with E-state index in [1.54, 1.807) is 36.4 Å². The molecule has 2 amide bonds. The first-order valence-corrected chi connectivity index (χ1v) is 15.9. The Labute approximate surface area is 285 Å². The first-order chi connectivity index (χ1) is 23.1. The molecule has 13 heteroatoms. The monoisotopic (exact) mass is 693 g/mol. The molecule has 0 radical (unpaired) electrons. The Balaban J connectivity index is 1.04. The zero-order valence-corrected chi connectivity index (χ0v) is 27.3. The second-order valence-electron chi connectivity index (χ2n) is 11.3. The summed E-state index contributed by atoms with van der Waals surface area (Å²) in [5.74, 6) is 0.906. The molecule has 9 nitrogen and oxygen atoms in total. The fourth-order valence-electron chi connectivity index (χ4n) is 5.45. The van der Waals surface area contributed by atoms with Gasteiger partial charge in [-0.25, -0.2) is 13.8 Å². The minimum atomic E-state index is -2.51. The van der Waals surface area contributed by atoms with E-state index in [1.165, 1.54) is 12.3 Å². The number of hydrogen-bond acceptors (Lipinski definition) is 6. The summed E-state index contributed by atoms with van der Waals surface area (Å²) in [5, 5.41) is 4.27. The number of aromatic nitrogens is 2. The van der Waals surface area contributed by atoms with E-state index in [9.17, 15) is 18.4 Å². The predicted molar refractivity (Wildman–Crippen MR) is 181 cm³/mol. The first-order valence-electron chi connectivity index (χ1n) is 15.1. The van der Waals surface area contributed by atoms with Gasteiger partial charge in [0.15, 0.2) is 0 Å². The Bertz CT molecular complexity index is 1930. The van der Waals surface area contributed by atoms with E-state index in [0.717, 1.165) is 16.5 Å². The van der Waals surface area contributed by atoms with Crippen LogP contribution >= 0.6 is 23.2 Å². The zero-order chi connectivity index (χ0) is 33.8. The number of rotatable bonds is 10. The fraction of sp³-hybridized carbons (Fsp3) is 0.229. The smallest absolute Gasteiger partial charge is 0.272 e. The maximum atomic E-state index is 13.5. The predicted octanol–water partition coefficient (Wildman–Crippen LogP) is 7.53. The average Bonchev–Trinajstić information content (AvgIpc) is 3.41. The number of ether oxygens (including phenoxy) is 2. The van der Waals surface area contributed by atoms with Crippen LogP contribution < -0.4 is 14.8 Å². The van der Waals surface area contributed by atoms with Gasteiger partial charge in [0.25, 0.3) is 18.2 Å². The van der Waals surface area contributed by atoms with Gasteiger partial charge in [-0.3, -0.25) is 14.5 Å². The van der Waals surface area contributed by atoms with E-state index in [1.807, 2.05) is 52.9 Å².